The van der Waals surface area contributed by atoms with Crippen molar-refractivity contribution in [3.05, 3.63) is 88.6 Å². The van der Waals surface area contributed by atoms with Crippen molar-refractivity contribution in [2.24, 2.45) is 11.8 Å². The van der Waals surface area contributed by atoms with Gasteiger partial charge in [0.2, 0.25) is 0 Å². The van der Waals surface area contributed by atoms with Gasteiger partial charge in [0.05, 0.1) is 5.69 Å². The van der Waals surface area contributed by atoms with Gasteiger partial charge in [0.1, 0.15) is 0 Å². The zero-order valence-electron chi connectivity index (χ0n) is 14.2. The number of hydrogen-bond donors (Lipinski definition) is 1. The second-order valence-electron chi connectivity index (χ2n) is 7.51. The van der Waals surface area contributed by atoms with Gasteiger partial charge in [-0.15, -0.1) is 0 Å². The quantitative estimate of drug-likeness (QED) is 0.870. The average molecular weight is 314 g/mol. The molecule has 3 unspecified atom stereocenters. The number of aromatic nitrogens is 1. The molecule has 1 aliphatic heterocycles. The van der Waals surface area contributed by atoms with Crippen molar-refractivity contribution >= 4 is 0 Å². The zero-order chi connectivity index (χ0) is 16.3. The van der Waals surface area contributed by atoms with Crippen LogP contribution in [0.2, 0.25) is 0 Å². The molecule has 0 bridgehead atoms. The topological polar surface area (TPSA) is 24.9 Å². The van der Waals surface area contributed by atoms with Gasteiger partial charge in [0, 0.05) is 28.4 Å². The largest absolute Gasteiger partial charge is 0.362 e. The van der Waals surface area contributed by atoms with Crippen molar-refractivity contribution in [1.82, 2.24) is 10.3 Å². The smallest absolute Gasteiger partial charge is 0.0518 e. The fourth-order valence-electron chi connectivity index (χ4n) is 4.66. The van der Waals surface area contributed by atoms with E-state index in [4.69, 9.17) is 4.98 Å². The molecule has 2 heterocycles. The summed E-state index contributed by atoms with van der Waals surface area (Å²) in [7, 11) is 0. The maximum atomic E-state index is 4.89. The molecule has 24 heavy (non-hydrogen) atoms. The van der Waals surface area contributed by atoms with E-state index in [2.05, 4.69) is 73.8 Å². The van der Waals surface area contributed by atoms with Crippen LogP contribution in [0.1, 0.15) is 31.2 Å². The lowest BCUT2D eigenvalue weighted by Gasteiger charge is -2.28. The second-order valence-corrected chi connectivity index (χ2v) is 7.51. The summed E-state index contributed by atoms with van der Waals surface area (Å²) in [5, 5.41) is 3.48. The lowest BCUT2D eigenvalue weighted by molar-refractivity contribution is 0.677. The third-order valence-corrected chi connectivity index (χ3v) is 5.89. The maximum absolute atomic E-state index is 4.89. The Morgan fingerprint density at radius 1 is 1.17 bits per heavy atom. The van der Waals surface area contributed by atoms with Gasteiger partial charge in [-0.3, -0.25) is 4.98 Å². The predicted octanol–water partition coefficient (Wildman–Crippen LogP) is 4.48. The first-order chi connectivity index (χ1) is 11.7. The highest BCUT2D eigenvalue weighted by molar-refractivity contribution is 5.58. The van der Waals surface area contributed by atoms with E-state index in [-0.39, 0.29) is 5.41 Å². The SMILES string of the molecule is CC1=CC2CC(C3=CC=CC4CC34c3cccc(C)n3)=CC=C2N1. The number of hydrogen-bond acceptors (Lipinski definition) is 2. The van der Waals surface area contributed by atoms with E-state index in [1.165, 1.54) is 34.7 Å². The van der Waals surface area contributed by atoms with Crippen molar-refractivity contribution in [2.75, 3.05) is 0 Å². The third kappa shape index (κ3) is 1.92. The van der Waals surface area contributed by atoms with Crippen LogP contribution in [-0.4, -0.2) is 4.98 Å². The Bertz CT molecular complexity index is 881. The summed E-state index contributed by atoms with van der Waals surface area (Å²) in [6.45, 7) is 4.24. The average Bonchev–Trinajstić information content (AvgIpc) is 3.22. The standard InChI is InChI=1S/C22H22N2/c1-14-5-3-8-21(24-14)22-13-18(22)6-4-7-19(22)16-9-10-20-17(12-16)11-15(2)23-20/h3-11,17-18,23H,12-13H2,1-2H3. The Labute approximate surface area is 143 Å². The number of fused-ring (bicyclic) bond motifs is 2. The van der Waals surface area contributed by atoms with Crippen LogP contribution in [0.4, 0.5) is 0 Å². The highest BCUT2D eigenvalue weighted by atomic mass is 14.9. The minimum atomic E-state index is 0.114. The summed E-state index contributed by atoms with van der Waals surface area (Å²) in [5.41, 5.74) is 8.06. The van der Waals surface area contributed by atoms with Gasteiger partial charge in [-0.2, -0.15) is 0 Å². The maximum Gasteiger partial charge on any atom is 0.0518 e. The van der Waals surface area contributed by atoms with Crippen molar-refractivity contribution in [3.8, 4) is 0 Å². The van der Waals surface area contributed by atoms with E-state index in [9.17, 15) is 0 Å². The van der Waals surface area contributed by atoms with Crippen LogP contribution in [0.15, 0.2) is 77.2 Å². The summed E-state index contributed by atoms with van der Waals surface area (Å²) < 4.78 is 0. The zero-order valence-corrected chi connectivity index (χ0v) is 14.2. The first-order valence-corrected chi connectivity index (χ1v) is 8.86. The molecular formula is C22H22N2. The van der Waals surface area contributed by atoms with Gasteiger partial charge >= 0.3 is 0 Å². The molecule has 0 saturated heterocycles. The van der Waals surface area contributed by atoms with Gasteiger partial charge in [-0.1, -0.05) is 36.4 Å². The van der Waals surface area contributed by atoms with E-state index in [1.807, 2.05) is 0 Å². The van der Waals surface area contributed by atoms with Crippen LogP contribution >= 0.6 is 0 Å². The minimum absolute atomic E-state index is 0.114. The van der Waals surface area contributed by atoms with Gasteiger partial charge in [-0.25, -0.2) is 0 Å². The van der Waals surface area contributed by atoms with Gasteiger partial charge in [0.25, 0.3) is 0 Å². The molecule has 120 valence electrons. The Morgan fingerprint density at radius 3 is 2.96 bits per heavy atom. The molecule has 0 spiro atoms. The molecule has 1 fully saturated rings. The normalized spacial score (nSPS) is 32.8. The Morgan fingerprint density at radius 2 is 2.08 bits per heavy atom. The summed E-state index contributed by atoms with van der Waals surface area (Å²) in [6.07, 6.45) is 16.2. The van der Waals surface area contributed by atoms with E-state index in [0.29, 0.717) is 11.8 Å². The summed E-state index contributed by atoms with van der Waals surface area (Å²) >= 11 is 0. The Hall–Kier alpha value is -2.35. The Balaban J connectivity index is 1.56. The van der Waals surface area contributed by atoms with Crippen LogP contribution in [0, 0.1) is 18.8 Å². The molecule has 5 rings (SSSR count). The summed E-state index contributed by atoms with van der Waals surface area (Å²) in [4.78, 5) is 4.89. The fraction of sp³-hybridized carbons (Fsp3) is 0.318. The molecule has 2 nitrogen and oxygen atoms in total. The van der Waals surface area contributed by atoms with Crippen molar-refractivity contribution in [1.29, 1.82) is 0 Å². The highest BCUT2D eigenvalue weighted by Crippen LogP contribution is 2.63. The van der Waals surface area contributed by atoms with Crippen LogP contribution in [0.25, 0.3) is 0 Å². The Kier molecular flexibility index (Phi) is 2.82. The lowest BCUT2D eigenvalue weighted by atomic mass is 9.77. The number of pyridine rings is 1. The lowest BCUT2D eigenvalue weighted by Crippen LogP contribution is -2.21. The summed E-state index contributed by atoms with van der Waals surface area (Å²) in [6, 6.07) is 6.45. The second kappa shape index (κ2) is 4.83. The molecule has 0 radical (unpaired) electrons. The summed E-state index contributed by atoms with van der Waals surface area (Å²) in [5.74, 6) is 1.12. The molecule has 4 aliphatic rings. The monoisotopic (exact) mass is 314 g/mol. The molecule has 2 heteroatoms. The van der Waals surface area contributed by atoms with Crippen molar-refractivity contribution in [3.63, 3.8) is 0 Å². The van der Waals surface area contributed by atoms with Crippen LogP contribution in [0.5, 0.6) is 0 Å². The number of aryl methyl sites for hydroxylation is 1. The molecule has 3 aliphatic carbocycles. The van der Waals surface area contributed by atoms with E-state index >= 15 is 0 Å². The number of nitrogens with zero attached hydrogens (tertiary/aromatic N) is 1. The third-order valence-electron chi connectivity index (χ3n) is 5.89. The van der Waals surface area contributed by atoms with E-state index in [1.54, 1.807) is 0 Å². The minimum Gasteiger partial charge on any atom is -0.362 e. The van der Waals surface area contributed by atoms with E-state index in [0.717, 1.165) is 12.1 Å². The number of nitrogens with one attached hydrogen (secondary N) is 1. The van der Waals surface area contributed by atoms with Crippen LogP contribution < -0.4 is 5.32 Å². The molecule has 1 N–H and O–H groups in total. The molecule has 1 aromatic rings. The van der Waals surface area contributed by atoms with Crippen molar-refractivity contribution in [2.45, 2.75) is 32.1 Å². The first kappa shape index (κ1) is 14.0. The van der Waals surface area contributed by atoms with E-state index < -0.39 is 0 Å². The number of rotatable bonds is 2. The van der Waals surface area contributed by atoms with Gasteiger partial charge in [0.15, 0.2) is 0 Å². The predicted molar refractivity (Wildman–Crippen MR) is 97.1 cm³/mol. The number of allylic oxidation sites excluding steroid dienone is 9. The highest BCUT2D eigenvalue weighted by Gasteiger charge is 2.59. The molecule has 1 saturated carbocycles. The van der Waals surface area contributed by atoms with Crippen LogP contribution in [-0.2, 0) is 5.41 Å². The molecular weight excluding hydrogens is 292 g/mol. The first-order valence-electron chi connectivity index (χ1n) is 8.86. The van der Waals surface area contributed by atoms with Gasteiger partial charge < -0.3 is 5.32 Å². The fourth-order valence-corrected chi connectivity index (χ4v) is 4.66. The van der Waals surface area contributed by atoms with Gasteiger partial charge in [-0.05, 0) is 62.0 Å². The molecule has 0 aromatic carbocycles. The van der Waals surface area contributed by atoms with Crippen LogP contribution in [0.3, 0.4) is 0 Å². The molecule has 0 amide bonds. The van der Waals surface area contributed by atoms with Crippen molar-refractivity contribution < 1.29 is 0 Å². The molecule has 3 atom stereocenters. The molecule has 1 aromatic heterocycles.